The van der Waals surface area contributed by atoms with Crippen molar-refractivity contribution in [3.8, 4) is 0 Å². The van der Waals surface area contributed by atoms with E-state index in [-0.39, 0.29) is 23.8 Å². The van der Waals surface area contributed by atoms with Crippen molar-refractivity contribution in [1.82, 2.24) is 9.80 Å². The fourth-order valence-electron chi connectivity index (χ4n) is 3.39. The van der Waals surface area contributed by atoms with Gasteiger partial charge < -0.3 is 4.90 Å². The summed E-state index contributed by atoms with van der Waals surface area (Å²) in [5.74, 6) is -0.200. The minimum atomic E-state index is -0.219. The Balaban J connectivity index is 1.61. The molecule has 0 bridgehead atoms. The van der Waals surface area contributed by atoms with E-state index in [2.05, 4.69) is 18.7 Å². The lowest BCUT2D eigenvalue weighted by Gasteiger charge is -2.44. The molecule has 0 aliphatic carbocycles. The Bertz CT molecular complexity index is 804. The van der Waals surface area contributed by atoms with Gasteiger partial charge in [-0.1, -0.05) is 35.9 Å². The maximum atomic E-state index is 13.1. The highest BCUT2D eigenvalue weighted by atomic mass is 35.5. The van der Waals surface area contributed by atoms with Crippen LogP contribution in [0.2, 0.25) is 5.02 Å². The Morgan fingerprint density at radius 1 is 1.07 bits per heavy atom. The molecule has 1 heterocycles. The number of carbonyl (C=O) groups is 1. The van der Waals surface area contributed by atoms with Gasteiger partial charge in [-0.2, -0.15) is 0 Å². The van der Waals surface area contributed by atoms with Gasteiger partial charge in [0.2, 0.25) is 5.91 Å². The van der Waals surface area contributed by atoms with E-state index in [1.54, 1.807) is 6.08 Å². The third-order valence-electron chi connectivity index (χ3n) is 4.99. The first-order valence-electron chi connectivity index (χ1n) is 9.15. The van der Waals surface area contributed by atoms with E-state index in [4.69, 9.17) is 11.6 Å². The Labute approximate surface area is 165 Å². The number of hydrogen-bond acceptors (Lipinski definition) is 2. The molecule has 0 spiro atoms. The molecule has 0 radical (unpaired) electrons. The minimum absolute atomic E-state index is 0.0192. The predicted molar refractivity (Wildman–Crippen MR) is 108 cm³/mol. The zero-order valence-corrected chi connectivity index (χ0v) is 16.4. The molecular formula is C22H24ClFN2O. The summed E-state index contributed by atoms with van der Waals surface area (Å²) in [7, 11) is 0. The topological polar surface area (TPSA) is 23.6 Å². The van der Waals surface area contributed by atoms with Crippen molar-refractivity contribution in [2.24, 2.45) is 0 Å². The lowest BCUT2D eigenvalue weighted by Crippen LogP contribution is -2.57. The van der Waals surface area contributed by atoms with Crippen LogP contribution >= 0.6 is 11.6 Å². The van der Waals surface area contributed by atoms with Gasteiger partial charge in [-0.15, -0.1) is 0 Å². The summed E-state index contributed by atoms with van der Waals surface area (Å²) in [5.41, 5.74) is 2.03. The highest BCUT2D eigenvalue weighted by Gasteiger charge is 2.30. The second-order valence-corrected chi connectivity index (χ2v) is 7.57. The predicted octanol–water partition coefficient (Wildman–Crippen LogP) is 4.61. The van der Waals surface area contributed by atoms with Crippen LogP contribution in [0.4, 0.5) is 4.39 Å². The van der Waals surface area contributed by atoms with E-state index in [0.717, 1.165) is 24.2 Å². The number of rotatable bonds is 4. The number of nitrogens with zero attached hydrogens (tertiary/aromatic N) is 2. The highest BCUT2D eigenvalue weighted by molar-refractivity contribution is 6.30. The second kappa shape index (κ2) is 8.68. The third-order valence-corrected chi connectivity index (χ3v) is 5.24. The van der Waals surface area contributed by atoms with Crippen LogP contribution in [-0.2, 0) is 11.3 Å². The van der Waals surface area contributed by atoms with Crippen molar-refractivity contribution in [2.75, 3.05) is 13.1 Å². The second-order valence-electron chi connectivity index (χ2n) is 7.13. The van der Waals surface area contributed by atoms with E-state index >= 15 is 0 Å². The molecule has 3 nitrogen and oxygen atoms in total. The molecular weight excluding hydrogens is 363 g/mol. The molecule has 0 N–H and O–H groups in total. The summed E-state index contributed by atoms with van der Waals surface area (Å²) in [6.07, 6.45) is 3.45. The minimum Gasteiger partial charge on any atom is -0.334 e. The van der Waals surface area contributed by atoms with E-state index in [0.29, 0.717) is 11.6 Å². The summed E-state index contributed by atoms with van der Waals surface area (Å²) in [6.45, 7) is 6.41. The monoisotopic (exact) mass is 386 g/mol. The fourth-order valence-corrected chi connectivity index (χ4v) is 3.51. The number of halogens is 2. The lowest BCUT2D eigenvalue weighted by molar-refractivity contribution is -0.131. The Hall–Kier alpha value is -2.17. The number of amides is 1. The zero-order valence-electron chi connectivity index (χ0n) is 15.6. The van der Waals surface area contributed by atoms with Gasteiger partial charge in [0.1, 0.15) is 5.82 Å². The largest absolute Gasteiger partial charge is 0.334 e. The van der Waals surface area contributed by atoms with Crippen LogP contribution in [0.5, 0.6) is 0 Å². The van der Waals surface area contributed by atoms with Crippen molar-refractivity contribution in [3.05, 3.63) is 76.6 Å². The van der Waals surface area contributed by atoms with Crippen LogP contribution in [0.25, 0.3) is 6.08 Å². The van der Waals surface area contributed by atoms with Crippen molar-refractivity contribution >= 4 is 23.6 Å². The van der Waals surface area contributed by atoms with Crippen LogP contribution in [-0.4, -0.2) is 40.9 Å². The molecule has 1 aliphatic heterocycles. The standard InChI is InChI=1S/C22H24ClFN2O/c1-16-14-26(22(27)12-7-18-3-8-20(23)9-4-18)17(2)13-25(16)15-19-5-10-21(24)11-6-19/h3-12,16-17H,13-15H2,1-2H3/b12-7+/t16-,17-/m0/s1. The smallest absolute Gasteiger partial charge is 0.246 e. The summed E-state index contributed by atoms with van der Waals surface area (Å²) in [6, 6.07) is 14.4. The van der Waals surface area contributed by atoms with Crippen LogP contribution in [0.1, 0.15) is 25.0 Å². The summed E-state index contributed by atoms with van der Waals surface area (Å²) < 4.78 is 13.1. The van der Waals surface area contributed by atoms with Gasteiger partial charge in [0.15, 0.2) is 0 Å². The maximum absolute atomic E-state index is 13.1. The molecule has 27 heavy (non-hydrogen) atoms. The van der Waals surface area contributed by atoms with E-state index in [1.807, 2.05) is 47.4 Å². The molecule has 1 aliphatic rings. The molecule has 0 unspecified atom stereocenters. The maximum Gasteiger partial charge on any atom is 0.246 e. The van der Waals surface area contributed by atoms with E-state index < -0.39 is 0 Å². The van der Waals surface area contributed by atoms with Gasteiger partial charge in [0, 0.05) is 42.8 Å². The Morgan fingerprint density at radius 3 is 2.41 bits per heavy atom. The van der Waals surface area contributed by atoms with E-state index in [9.17, 15) is 9.18 Å². The highest BCUT2D eigenvalue weighted by Crippen LogP contribution is 2.19. The SMILES string of the molecule is C[C@H]1CN(C(=O)/C=C/c2ccc(Cl)cc2)[C@@H](C)CN1Cc1ccc(F)cc1. The number of piperazine rings is 1. The van der Waals surface area contributed by atoms with Crippen LogP contribution in [0.3, 0.4) is 0 Å². The van der Waals surface area contributed by atoms with E-state index in [1.165, 1.54) is 12.1 Å². The molecule has 2 aromatic carbocycles. The molecule has 1 saturated heterocycles. The van der Waals surface area contributed by atoms with Crippen LogP contribution in [0.15, 0.2) is 54.6 Å². The first-order valence-corrected chi connectivity index (χ1v) is 9.53. The summed E-state index contributed by atoms with van der Waals surface area (Å²) >= 11 is 5.89. The zero-order chi connectivity index (χ0) is 19.4. The van der Waals surface area contributed by atoms with Gasteiger partial charge in [-0.3, -0.25) is 9.69 Å². The normalized spacial score (nSPS) is 21.0. The number of hydrogen-bond donors (Lipinski definition) is 0. The first kappa shape index (κ1) is 19.6. The average molecular weight is 387 g/mol. The molecule has 142 valence electrons. The fraction of sp³-hybridized carbons (Fsp3) is 0.318. The van der Waals surface area contributed by atoms with Gasteiger partial charge >= 0.3 is 0 Å². The molecule has 5 heteroatoms. The molecule has 1 fully saturated rings. The number of benzene rings is 2. The lowest BCUT2D eigenvalue weighted by atomic mass is 10.1. The van der Waals surface area contributed by atoms with Gasteiger partial charge in [-0.25, -0.2) is 4.39 Å². The van der Waals surface area contributed by atoms with Crippen molar-refractivity contribution < 1.29 is 9.18 Å². The molecule has 3 rings (SSSR count). The molecule has 1 amide bonds. The van der Waals surface area contributed by atoms with Gasteiger partial charge in [-0.05, 0) is 55.3 Å². The average Bonchev–Trinajstić information content (AvgIpc) is 2.65. The Kier molecular flexibility index (Phi) is 6.30. The van der Waals surface area contributed by atoms with Gasteiger partial charge in [0.05, 0.1) is 0 Å². The third kappa shape index (κ3) is 5.18. The van der Waals surface area contributed by atoms with Gasteiger partial charge in [0.25, 0.3) is 0 Å². The molecule has 2 aromatic rings. The number of carbonyl (C=O) groups excluding carboxylic acids is 1. The van der Waals surface area contributed by atoms with Crippen molar-refractivity contribution in [2.45, 2.75) is 32.5 Å². The Morgan fingerprint density at radius 2 is 1.74 bits per heavy atom. The van der Waals surface area contributed by atoms with Crippen LogP contribution in [0, 0.1) is 5.82 Å². The van der Waals surface area contributed by atoms with Crippen LogP contribution < -0.4 is 0 Å². The molecule has 0 aromatic heterocycles. The summed E-state index contributed by atoms with van der Waals surface area (Å²) in [5, 5.41) is 0.679. The molecule has 0 saturated carbocycles. The van der Waals surface area contributed by atoms with Crippen molar-refractivity contribution in [3.63, 3.8) is 0 Å². The van der Waals surface area contributed by atoms with Crippen molar-refractivity contribution in [1.29, 1.82) is 0 Å². The molecule has 2 atom stereocenters. The summed E-state index contributed by atoms with van der Waals surface area (Å²) in [4.78, 5) is 16.9. The first-order chi connectivity index (χ1) is 12.9. The quantitative estimate of drug-likeness (QED) is 0.716.